The van der Waals surface area contributed by atoms with E-state index in [1.807, 2.05) is 59.3 Å². The molecule has 6 nitrogen and oxygen atoms in total. The molecule has 0 saturated carbocycles. The van der Waals surface area contributed by atoms with E-state index < -0.39 is 0 Å². The number of carbonyl (C=O) groups is 1. The highest BCUT2D eigenvalue weighted by Crippen LogP contribution is 2.26. The van der Waals surface area contributed by atoms with Crippen LogP contribution in [0.2, 0.25) is 0 Å². The highest BCUT2D eigenvalue weighted by atomic mass is 16.1. The molecule has 3 heterocycles. The van der Waals surface area contributed by atoms with Gasteiger partial charge in [0.15, 0.2) is 5.65 Å². The summed E-state index contributed by atoms with van der Waals surface area (Å²) in [6.45, 7) is 8.27. The third kappa shape index (κ3) is 4.19. The molecule has 0 aliphatic rings. The lowest BCUT2D eigenvalue weighted by atomic mass is 10.0. The van der Waals surface area contributed by atoms with Crippen LogP contribution in [-0.2, 0) is 0 Å². The average Bonchev–Trinajstić information content (AvgIpc) is 3.22. The quantitative estimate of drug-likeness (QED) is 0.480. The van der Waals surface area contributed by atoms with Crippen LogP contribution in [-0.4, -0.2) is 25.7 Å². The Kier molecular flexibility index (Phi) is 5.80. The van der Waals surface area contributed by atoms with Gasteiger partial charge in [-0.25, -0.2) is 9.67 Å². The van der Waals surface area contributed by atoms with Gasteiger partial charge in [0.05, 0.1) is 28.9 Å². The van der Waals surface area contributed by atoms with Gasteiger partial charge in [-0.05, 0) is 43.5 Å². The van der Waals surface area contributed by atoms with Gasteiger partial charge in [-0.1, -0.05) is 50.2 Å². The number of nitrogens with zero attached hydrogens (tertiary/aromatic N) is 4. The molecule has 31 heavy (non-hydrogen) atoms. The van der Waals surface area contributed by atoms with Crippen LogP contribution in [0.25, 0.3) is 11.0 Å². The normalized spacial score (nSPS) is 12.5. The molecule has 1 atom stereocenters. The number of pyridine rings is 2. The third-order valence-electron chi connectivity index (χ3n) is 5.30. The van der Waals surface area contributed by atoms with Crippen LogP contribution in [0.4, 0.5) is 0 Å². The van der Waals surface area contributed by atoms with Gasteiger partial charge in [0.25, 0.3) is 5.91 Å². The zero-order valence-electron chi connectivity index (χ0n) is 18.3. The molecular formula is C25H27N5O. The highest BCUT2D eigenvalue weighted by molar-refractivity contribution is 6.05. The minimum atomic E-state index is -0.360. The van der Waals surface area contributed by atoms with Crippen molar-refractivity contribution in [2.75, 3.05) is 0 Å². The minimum absolute atomic E-state index is 0.147. The van der Waals surface area contributed by atoms with Crippen LogP contribution in [0.1, 0.15) is 73.0 Å². The molecule has 1 unspecified atom stereocenters. The largest absolute Gasteiger partial charge is 0.340 e. The van der Waals surface area contributed by atoms with Crippen LogP contribution in [0.15, 0.2) is 67.0 Å². The first-order chi connectivity index (χ1) is 15.0. The number of hydrogen-bond acceptors (Lipinski definition) is 4. The van der Waals surface area contributed by atoms with E-state index in [0.717, 1.165) is 28.0 Å². The fourth-order valence-electron chi connectivity index (χ4n) is 3.63. The minimum Gasteiger partial charge on any atom is -0.340 e. The van der Waals surface area contributed by atoms with E-state index in [4.69, 9.17) is 4.98 Å². The number of hydrogen-bond donors (Lipinski definition) is 1. The zero-order chi connectivity index (χ0) is 22.0. The summed E-state index contributed by atoms with van der Waals surface area (Å²) in [5, 5.41) is 8.45. The van der Waals surface area contributed by atoms with Gasteiger partial charge < -0.3 is 5.32 Å². The van der Waals surface area contributed by atoms with Crippen molar-refractivity contribution < 1.29 is 4.79 Å². The Morgan fingerprint density at radius 2 is 1.71 bits per heavy atom. The second-order valence-corrected chi connectivity index (χ2v) is 8.24. The van der Waals surface area contributed by atoms with E-state index in [1.165, 1.54) is 0 Å². The second-order valence-electron chi connectivity index (χ2n) is 8.24. The molecule has 0 bridgehead atoms. The van der Waals surface area contributed by atoms with E-state index in [-0.39, 0.29) is 23.9 Å². The Bertz CT molecular complexity index is 1140. The van der Waals surface area contributed by atoms with E-state index in [0.29, 0.717) is 5.56 Å². The van der Waals surface area contributed by atoms with Gasteiger partial charge in [-0.2, -0.15) is 5.10 Å². The molecule has 3 aromatic heterocycles. The fraction of sp³-hybridized carbons (Fsp3) is 0.280. The molecule has 158 valence electrons. The summed E-state index contributed by atoms with van der Waals surface area (Å²) in [5.41, 5.74) is 3.95. The maximum absolute atomic E-state index is 13.6. The molecule has 0 spiro atoms. The number of carbonyl (C=O) groups excluding carboxylic acids is 1. The van der Waals surface area contributed by atoms with Gasteiger partial charge in [-0.15, -0.1) is 0 Å². The van der Waals surface area contributed by atoms with Crippen molar-refractivity contribution in [3.05, 3.63) is 89.5 Å². The number of rotatable bonds is 6. The Hall–Kier alpha value is -3.54. The monoisotopic (exact) mass is 413 g/mol. The van der Waals surface area contributed by atoms with Crippen molar-refractivity contribution in [2.45, 2.75) is 45.7 Å². The molecule has 1 amide bonds. The fourth-order valence-corrected chi connectivity index (χ4v) is 3.63. The van der Waals surface area contributed by atoms with Gasteiger partial charge >= 0.3 is 0 Å². The molecule has 0 fully saturated rings. The van der Waals surface area contributed by atoms with E-state index in [9.17, 15) is 4.79 Å². The summed E-state index contributed by atoms with van der Waals surface area (Å²) < 4.78 is 1.87. The van der Waals surface area contributed by atoms with Gasteiger partial charge in [0, 0.05) is 17.9 Å². The smallest absolute Gasteiger partial charge is 0.252 e. The maximum atomic E-state index is 13.6. The lowest BCUT2D eigenvalue weighted by Crippen LogP contribution is -2.30. The molecule has 6 heteroatoms. The molecule has 0 saturated heterocycles. The predicted molar refractivity (Wildman–Crippen MR) is 122 cm³/mol. The van der Waals surface area contributed by atoms with Gasteiger partial charge in [0.1, 0.15) is 0 Å². The molecule has 1 aromatic carbocycles. The maximum Gasteiger partial charge on any atom is 0.252 e. The lowest BCUT2D eigenvalue weighted by Gasteiger charge is -2.20. The zero-order valence-corrected chi connectivity index (χ0v) is 18.3. The molecule has 4 aromatic rings. The lowest BCUT2D eigenvalue weighted by molar-refractivity contribution is 0.0943. The summed E-state index contributed by atoms with van der Waals surface area (Å²) in [6, 6.07) is 17.3. The number of nitrogens with one attached hydrogen (secondary N) is 1. The number of aromatic nitrogens is 4. The van der Waals surface area contributed by atoms with E-state index in [1.54, 1.807) is 12.4 Å². The molecule has 4 rings (SSSR count). The first kappa shape index (κ1) is 20.7. The van der Waals surface area contributed by atoms with Crippen molar-refractivity contribution in [3.63, 3.8) is 0 Å². The standard InChI is InChI=1S/C25H27N5O/c1-16(2)22-14-19(20-15-27-30(17(3)4)24(20)28-22)25(31)29-23(18-10-6-5-7-11-18)21-12-8-9-13-26-21/h5-17,23H,1-4H3,(H,29,31). The summed E-state index contributed by atoms with van der Waals surface area (Å²) in [6.07, 6.45) is 3.48. The van der Waals surface area contributed by atoms with Crippen molar-refractivity contribution in [1.82, 2.24) is 25.1 Å². The number of fused-ring (bicyclic) bond motifs is 1. The first-order valence-corrected chi connectivity index (χ1v) is 10.6. The van der Waals surface area contributed by atoms with Crippen LogP contribution in [0, 0.1) is 0 Å². The SMILES string of the molecule is CC(C)c1cc(C(=O)NC(c2ccccc2)c2ccccn2)c2cnn(C(C)C)c2n1. The summed E-state index contributed by atoms with van der Waals surface area (Å²) >= 11 is 0. The van der Waals surface area contributed by atoms with Crippen LogP contribution in [0.3, 0.4) is 0 Å². The molecule has 1 N–H and O–H groups in total. The predicted octanol–water partition coefficient (Wildman–Crippen LogP) is 5.05. The first-order valence-electron chi connectivity index (χ1n) is 10.6. The highest BCUT2D eigenvalue weighted by Gasteiger charge is 2.23. The molecular weight excluding hydrogens is 386 g/mol. The Labute approximate surface area is 182 Å². The van der Waals surface area contributed by atoms with Crippen LogP contribution < -0.4 is 5.32 Å². The van der Waals surface area contributed by atoms with E-state index >= 15 is 0 Å². The summed E-state index contributed by atoms with van der Waals surface area (Å²) in [4.78, 5) is 22.9. The van der Waals surface area contributed by atoms with Crippen molar-refractivity contribution in [3.8, 4) is 0 Å². The van der Waals surface area contributed by atoms with Crippen molar-refractivity contribution >= 4 is 16.9 Å². The van der Waals surface area contributed by atoms with Gasteiger partial charge in [0.2, 0.25) is 0 Å². The number of benzene rings is 1. The van der Waals surface area contributed by atoms with E-state index in [2.05, 4.69) is 43.1 Å². The molecule has 0 aliphatic carbocycles. The third-order valence-corrected chi connectivity index (χ3v) is 5.30. The molecule has 0 aliphatic heterocycles. The van der Waals surface area contributed by atoms with Crippen LogP contribution >= 0.6 is 0 Å². The van der Waals surface area contributed by atoms with Crippen molar-refractivity contribution in [2.24, 2.45) is 0 Å². The topological polar surface area (TPSA) is 72.7 Å². The van der Waals surface area contributed by atoms with Gasteiger partial charge in [-0.3, -0.25) is 9.78 Å². The Morgan fingerprint density at radius 3 is 2.35 bits per heavy atom. The Morgan fingerprint density at radius 1 is 0.968 bits per heavy atom. The Balaban J connectivity index is 1.79. The van der Waals surface area contributed by atoms with Crippen molar-refractivity contribution in [1.29, 1.82) is 0 Å². The summed E-state index contributed by atoms with van der Waals surface area (Å²) in [5.74, 6) is 0.0179. The average molecular weight is 414 g/mol. The summed E-state index contributed by atoms with van der Waals surface area (Å²) in [7, 11) is 0. The second kappa shape index (κ2) is 8.68. The molecule has 0 radical (unpaired) electrons. The number of amides is 1. The van der Waals surface area contributed by atoms with Crippen LogP contribution in [0.5, 0.6) is 0 Å².